The molecule has 0 bridgehead atoms. The molecule has 0 amide bonds. The van der Waals surface area contributed by atoms with E-state index in [0.29, 0.717) is 17.7 Å². The van der Waals surface area contributed by atoms with Gasteiger partial charge in [0.1, 0.15) is 5.82 Å². The van der Waals surface area contributed by atoms with Crippen molar-refractivity contribution in [2.75, 3.05) is 31.1 Å². The number of hydrogen-bond donors (Lipinski definition) is 0. The molecule has 5 heteroatoms. The minimum atomic E-state index is -0.249. The summed E-state index contributed by atoms with van der Waals surface area (Å²) in [4.78, 5) is 4.49. The molecule has 23 heavy (non-hydrogen) atoms. The van der Waals surface area contributed by atoms with E-state index in [9.17, 15) is 4.39 Å². The van der Waals surface area contributed by atoms with Crippen molar-refractivity contribution in [2.24, 2.45) is 0 Å². The number of halogens is 2. The first-order valence-electron chi connectivity index (χ1n) is 7.57. The average molecular weight is 330 g/mol. The van der Waals surface area contributed by atoms with Crippen LogP contribution in [-0.2, 0) is 6.54 Å². The van der Waals surface area contributed by atoms with Crippen molar-refractivity contribution in [3.05, 3.63) is 64.4 Å². The summed E-state index contributed by atoms with van der Waals surface area (Å²) < 4.78 is 13.9. The van der Waals surface area contributed by atoms with Gasteiger partial charge >= 0.3 is 0 Å². The molecule has 3 rings (SSSR count). The summed E-state index contributed by atoms with van der Waals surface area (Å²) in [6, 6.07) is 14.4. The molecule has 0 aromatic heterocycles. The molecule has 0 atom stereocenters. The molecule has 2 aromatic rings. The summed E-state index contributed by atoms with van der Waals surface area (Å²) in [5, 5.41) is 9.67. The monoisotopic (exact) mass is 329 g/mol. The van der Waals surface area contributed by atoms with Crippen LogP contribution in [0.2, 0.25) is 5.02 Å². The molecule has 1 aliphatic rings. The van der Waals surface area contributed by atoms with Crippen molar-refractivity contribution >= 4 is 17.3 Å². The van der Waals surface area contributed by atoms with Gasteiger partial charge in [0.25, 0.3) is 0 Å². The highest BCUT2D eigenvalue weighted by atomic mass is 35.5. The quantitative estimate of drug-likeness (QED) is 0.860. The van der Waals surface area contributed by atoms with E-state index in [1.807, 2.05) is 18.2 Å². The third-order valence-electron chi connectivity index (χ3n) is 4.11. The Bertz CT molecular complexity index is 733. The first-order chi connectivity index (χ1) is 11.2. The van der Waals surface area contributed by atoms with Crippen LogP contribution in [0.15, 0.2) is 42.5 Å². The van der Waals surface area contributed by atoms with Crippen LogP contribution in [0.4, 0.5) is 10.1 Å². The number of piperazine rings is 1. The van der Waals surface area contributed by atoms with Gasteiger partial charge in [-0.15, -0.1) is 0 Å². The van der Waals surface area contributed by atoms with Crippen LogP contribution in [0.3, 0.4) is 0 Å². The Morgan fingerprint density at radius 3 is 2.57 bits per heavy atom. The van der Waals surface area contributed by atoms with Crippen LogP contribution in [-0.4, -0.2) is 31.1 Å². The molecule has 0 aliphatic carbocycles. The standard InChI is InChI=1S/C18H17ClFN3/c19-16-2-1-3-17(11-16)23-8-6-22(7-9-23)13-15-10-14(12-21)4-5-18(15)20/h1-5,10-11H,6-9,13H2. The van der Waals surface area contributed by atoms with E-state index in [1.54, 1.807) is 6.07 Å². The van der Waals surface area contributed by atoms with Gasteiger partial charge in [0.05, 0.1) is 11.6 Å². The number of anilines is 1. The zero-order chi connectivity index (χ0) is 16.2. The van der Waals surface area contributed by atoms with Crippen LogP contribution in [0.25, 0.3) is 0 Å². The number of nitriles is 1. The van der Waals surface area contributed by atoms with Gasteiger partial charge in [0.15, 0.2) is 0 Å². The Morgan fingerprint density at radius 2 is 1.87 bits per heavy atom. The molecule has 0 spiro atoms. The fraction of sp³-hybridized carbons (Fsp3) is 0.278. The maximum absolute atomic E-state index is 13.9. The fourth-order valence-electron chi connectivity index (χ4n) is 2.84. The van der Waals surface area contributed by atoms with Crippen molar-refractivity contribution in [1.82, 2.24) is 4.90 Å². The van der Waals surface area contributed by atoms with Crippen LogP contribution >= 0.6 is 11.6 Å². The first-order valence-corrected chi connectivity index (χ1v) is 7.95. The lowest BCUT2D eigenvalue weighted by Gasteiger charge is -2.36. The summed E-state index contributed by atoms with van der Waals surface area (Å²) in [6.45, 7) is 3.98. The third-order valence-corrected chi connectivity index (χ3v) is 4.35. The smallest absolute Gasteiger partial charge is 0.127 e. The molecule has 118 valence electrons. The second-order valence-corrected chi connectivity index (χ2v) is 6.10. The lowest BCUT2D eigenvalue weighted by molar-refractivity contribution is 0.246. The number of benzene rings is 2. The predicted molar refractivity (Wildman–Crippen MR) is 90.1 cm³/mol. The molecular formula is C18H17ClFN3. The topological polar surface area (TPSA) is 30.3 Å². The Hall–Kier alpha value is -2.09. The maximum Gasteiger partial charge on any atom is 0.127 e. The van der Waals surface area contributed by atoms with Gasteiger partial charge in [-0.25, -0.2) is 4.39 Å². The van der Waals surface area contributed by atoms with Gasteiger partial charge in [0.2, 0.25) is 0 Å². The average Bonchev–Trinajstić information content (AvgIpc) is 2.57. The zero-order valence-electron chi connectivity index (χ0n) is 12.7. The van der Waals surface area contributed by atoms with E-state index in [0.717, 1.165) is 36.9 Å². The Balaban J connectivity index is 1.62. The molecule has 1 heterocycles. The van der Waals surface area contributed by atoms with Gasteiger partial charge in [-0.2, -0.15) is 5.26 Å². The molecule has 3 nitrogen and oxygen atoms in total. The van der Waals surface area contributed by atoms with Crippen molar-refractivity contribution in [2.45, 2.75) is 6.54 Å². The van der Waals surface area contributed by atoms with Crippen LogP contribution in [0.1, 0.15) is 11.1 Å². The second-order valence-electron chi connectivity index (χ2n) is 5.66. The second kappa shape index (κ2) is 6.99. The normalized spacial score (nSPS) is 15.4. The summed E-state index contributed by atoms with van der Waals surface area (Å²) >= 11 is 6.04. The highest BCUT2D eigenvalue weighted by Gasteiger charge is 2.18. The van der Waals surface area contributed by atoms with E-state index in [-0.39, 0.29) is 5.82 Å². The van der Waals surface area contributed by atoms with E-state index in [1.165, 1.54) is 12.1 Å². The summed E-state index contributed by atoms with van der Waals surface area (Å²) in [6.07, 6.45) is 0. The minimum Gasteiger partial charge on any atom is -0.369 e. The third kappa shape index (κ3) is 3.82. The van der Waals surface area contributed by atoms with Crippen molar-refractivity contribution in [3.63, 3.8) is 0 Å². The van der Waals surface area contributed by atoms with E-state index in [4.69, 9.17) is 16.9 Å². The lowest BCUT2D eigenvalue weighted by Crippen LogP contribution is -2.46. The predicted octanol–water partition coefficient (Wildman–Crippen LogP) is 3.67. The molecule has 0 radical (unpaired) electrons. The molecule has 0 saturated carbocycles. The SMILES string of the molecule is N#Cc1ccc(F)c(CN2CCN(c3cccc(Cl)c3)CC2)c1. The zero-order valence-corrected chi connectivity index (χ0v) is 13.4. The van der Waals surface area contributed by atoms with Crippen LogP contribution in [0.5, 0.6) is 0 Å². The molecule has 1 aliphatic heterocycles. The number of nitrogens with zero attached hydrogens (tertiary/aromatic N) is 3. The minimum absolute atomic E-state index is 0.249. The van der Waals surface area contributed by atoms with Crippen molar-refractivity contribution < 1.29 is 4.39 Å². The highest BCUT2D eigenvalue weighted by Crippen LogP contribution is 2.21. The maximum atomic E-state index is 13.9. The molecule has 2 aromatic carbocycles. The summed E-state index contributed by atoms with van der Waals surface area (Å²) in [5.74, 6) is -0.249. The van der Waals surface area contributed by atoms with Crippen LogP contribution in [0, 0.1) is 17.1 Å². The fourth-order valence-corrected chi connectivity index (χ4v) is 3.03. The van der Waals surface area contributed by atoms with Gasteiger partial charge in [-0.1, -0.05) is 17.7 Å². The Morgan fingerprint density at radius 1 is 1.09 bits per heavy atom. The Labute approximate surface area is 140 Å². The molecule has 1 fully saturated rings. The lowest BCUT2D eigenvalue weighted by atomic mass is 10.1. The van der Waals surface area contributed by atoms with Crippen molar-refractivity contribution in [1.29, 1.82) is 5.26 Å². The molecule has 0 N–H and O–H groups in total. The van der Waals surface area contributed by atoms with Crippen molar-refractivity contribution in [3.8, 4) is 6.07 Å². The van der Waals surface area contributed by atoms with Gasteiger partial charge in [-0.05, 0) is 36.4 Å². The van der Waals surface area contributed by atoms with E-state index < -0.39 is 0 Å². The van der Waals surface area contributed by atoms with Crippen LogP contribution < -0.4 is 4.90 Å². The first kappa shape index (κ1) is 15.8. The summed E-state index contributed by atoms with van der Waals surface area (Å²) in [5.41, 5.74) is 2.20. The largest absolute Gasteiger partial charge is 0.369 e. The molecular weight excluding hydrogens is 313 g/mol. The Kier molecular flexibility index (Phi) is 4.80. The van der Waals surface area contributed by atoms with Gasteiger partial charge in [0, 0.05) is 49.0 Å². The summed E-state index contributed by atoms with van der Waals surface area (Å²) in [7, 11) is 0. The number of hydrogen-bond acceptors (Lipinski definition) is 3. The van der Waals surface area contributed by atoms with E-state index >= 15 is 0 Å². The molecule has 0 unspecified atom stereocenters. The highest BCUT2D eigenvalue weighted by molar-refractivity contribution is 6.30. The van der Waals surface area contributed by atoms with E-state index in [2.05, 4.69) is 21.9 Å². The molecule has 1 saturated heterocycles. The van der Waals surface area contributed by atoms with Gasteiger partial charge < -0.3 is 4.90 Å². The van der Waals surface area contributed by atoms with Gasteiger partial charge in [-0.3, -0.25) is 4.90 Å². The number of rotatable bonds is 3.